The topological polar surface area (TPSA) is 38.3 Å². The third-order valence-corrected chi connectivity index (χ3v) is 3.65. The minimum Gasteiger partial charge on any atom is -0.447 e. The van der Waals surface area contributed by atoms with Gasteiger partial charge >= 0.3 is 6.09 Å². The molecule has 1 N–H and O–H groups in total. The maximum Gasteiger partial charge on any atom is 0.407 e. The molecule has 3 nitrogen and oxygen atoms in total. The van der Waals surface area contributed by atoms with Crippen molar-refractivity contribution in [3.63, 3.8) is 0 Å². The summed E-state index contributed by atoms with van der Waals surface area (Å²) < 4.78 is 4.92. The summed E-state index contributed by atoms with van der Waals surface area (Å²) in [5.74, 6) is 0.634. The van der Waals surface area contributed by atoms with Crippen LogP contribution in [-0.2, 0) is 4.74 Å². The van der Waals surface area contributed by atoms with Crippen LogP contribution in [0.15, 0.2) is 0 Å². The van der Waals surface area contributed by atoms with Gasteiger partial charge in [-0.15, -0.1) is 0 Å². The van der Waals surface area contributed by atoms with Crippen LogP contribution in [0.4, 0.5) is 4.79 Å². The summed E-state index contributed by atoms with van der Waals surface area (Å²) in [5.41, 5.74) is 0.500. The van der Waals surface area contributed by atoms with Gasteiger partial charge < -0.3 is 10.1 Å². The first kappa shape index (κ1) is 9.81. The fourth-order valence-corrected chi connectivity index (χ4v) is 2.48. The molecule has 0 bridgehead atoms. The van der Waals surface area contributed by atoms with Crippen LogP contribution in [0.3, 0.4) is 0 Å². The number of ether oxygens (including phenoxy) is 1. The first-order valence-corrected chi connectivity index (χ1v) is 5.50. The van der Waals surface area contributed by atoms with Crippen molar-refractivity contribution in [3.05, 3.63) is 0 Å². The maximum atomic E-state index is 10.9. The van der Waals surface area contributed by atoms with Gasteiger partial charge in [0, 0.05) is 0 Å². The highest BCUT2D eigenvalue weighted by atomic mass is 16.6. The zero-order valence-corrected chi connectivity index (χ0v) is 9.01. The standard InChI is InChI=1S/C11H19NO2/c1-11(2)5-3-8(4-6-11)9-7-14-10(13)12-9/h8-9H,3-7H2,1-2H3,(H,12,13). The zero-order valence-electron chi connectivity index (χ0n) is 9.01. The van der Waals surface area contributed by atoms with Crippen LogP contribution in [0, 0.1) is 11.3 Å². The van der Waals surface area contributed by atoms with Crippen molar-refractivity contribution < 1.29 is 9.53 Å². The van der Waals surface area contributed by atoms with E-state index in [1.807, 2.05) is 0 Å². The quantitative estimate of drug-likeness (QED) is 0.700. The predicted octanol–water partition coefficient (Wildman–Crippen LogP) is 2.31. The van der Waals surface area contributed by atoms with Crippen LogP contribution < -0.4 is 5.32 Å². The molecule has 0 radical (unpaired) electrons. The Kier molecular flexibility index (Phi) is 2.41. The Morgan fingerprint density at radius 3 is 2.50 bits per heavy atom. The van der Waals surface area contributed by atoms with Gasteiger partial charge in [-0.25, -0.2) is 4.79 Å². The van der Waals surface area contributed by atoms with Crippen molar-refractivity contribution in [3.8, 4) is 0 Å². The van der Waals surface area contributed by atoms with Gasteiger partial charge in [0.05, 0.1) is 6.04 Å². The molecule has 2 rings (SSSR count). The lowest BCUT2D eigenvalue weighted by atomic mass is 9.71. The molecule has 80 valence electrons. The zero-order chi connectivity index (χ0) is 10.2. The van der Waals surface area contributed by atoms with Crippen molar-refractivity contribution in [1.82, 2.24) is 5.32 Å². The molecule has 2 fully saturated rings. The fourth-order valence-electron chi connectivity index (χ4n) is 2.48. The molecule has 1 aliphatic heterocycles. The molecule has 14 heavy (non-hydrogen) atoms. The largest absolute Gasteiger partial charge is 0.447 e. The molecule has 0 aromatic carbocycles. The number of amides is 1. The van der Waals surface area contributed by atoms with E-state index in [0.717, 1.165) is 0 Å². The minimum absolute atomic E-state index is 0.236. The molecular formula is C11H19NO2. The molecule has 0 aromatic heterocycles. The van der Waals surface area contributed by atoms with Crippen LogP contribution in [0.1, 0.15) is 39.5 Å². The van der Waals surface area contributed by atoms with E-state index in [-0.39, 0.29) is 12.1 Å². The number of rotatable bonds is 1. The average molecular weight is 197 g/mol. The second-order valence-electron chi connectivity index (χ2n) is 5.35. The van der Waals surface area contributed by atoms with E-state index in [4.69, 9.17) is 4.74 Å². The van der Waals surface area contributed by atoms with Gasteiger partial charge in [0.25, 0.3) is 0 Å². The Bertz CT molecular complexity index is 227. The SMILES string of the molecule is CC1(C)CCC(C2COC(=O)N2)CC1. The Labute approximate surface area is 85.2 Å². The molecule has 1 aliphatic carbocycles. The van der Waals surface area contributed by atoms with E-state index in [1.165, 1.54) is 25.7 Å². The summed E-state index contributed by atoms with van der Waals surface area (Å²) in [5, 5.41) is 2.89. The van der Waals surface area contributed by atoms with E-state index in [0.29, 0.717) is 17.9 Å². The third-order valence-electron chi connectivity index (χ3n) is 3.65. The fraction of sp³-hybridized carbons (Fsp3) is 0.909. The number of alkyl carbamates (subject to hydrolysis) is 1. The maximum absolute atomic E-state index is 10.9. The highest BCUT2D eigenvalue weighted by molar-refractivity contribution is 5.69. The van der Waals surface area contributed by atoms with E-state index in [1.54, 1.807) is 0 Å². The summed E-state index contributed by atoms with van der Waals surface area (Å²) in [6.07, 6.45) is 4.75. The normalized spacial score (nSPS) is 32.4. The van der Waals surface area contributed by atoms with Crippen LogP contribution in [0.25, 0.3) is 0 Å². The van der Waals surface area contributed by atoms with E-state index < -0.39 is 0 Å². The molecule has 0 spiro atoms. The van der Waals surface area contributed by atoms with E-state index in [9.17, 15) is 4.79 Å². The summed E-state index contributed by atoms with van der Waals surface area (Å²) in [4.78, 5) is 10.9. The Morgan fingerprint density at radius 1 is 1.36 bits per heavy atom. The Balaban J connectivity index is 1.86. The molecule has 0 aromatic rings. The Hall–Kier alpha value is -0.730. The van der Waals surface area contributed by atoms with Gasteiger partial charge in [0.2, 0.25) is 0 Å². The molecule has 1 unspecified atom stereocenters. The third kappa shape index (κ3) is 2.02. The van der Waals surface area contributed by atoms with Crippen LogP contribution >= 0.6 is 0 Å². The predicted molar refractivity (Wildman–Crippen MR) is 54.0 cm³/mol. The second kappa shape index (κ2) is 3.44. The summed E-state index contributed by atoms with van der Waals surface area (Å²) in [6.45, 7) is 5.23. The minimum atomic E-state index is -0.236. The van der Waals surface area contributed by atoms with Crippen LogP contribution in [0.5, 0.6) is 0 Å². The lowest BCUT2D eigenvalue weighted by molar-refractivity contribution is 0.152. The molecule has 1 atom stereocenters. The summed E-state index contributed by atoms with van der Waals surface area (Å²) >= 11 is 0. The number of carbonyl (C=O) groups is 1. The number of nitrogens with one attached hydrogen (secondary N) is 1. The summed E-state index contributed by atoms with van der Waals surface area (Å²) in [6, 6.07) is 0.276. The van der Waals surface area contributed by atoms with Crippen molar-refractivity contribution in [1.29, 1.82) is 0 Å². The van der Waals surface area contributed by atoms with Crippen molar-refractivity contribution >= 4 is 6.09 Å². The monoisotopic (exact) mass is 197 g/mol. The van der Waals surface area contributed by atoms with Gasteiger partial charge in [-0.3, -0.25) is 0 Å². The van der Waals surface area contributed by atoms with Gasteiger partial charge in [0.15, 0.2) is 0 Å². The van der Waals surface area contributed by atoms with Gasteiger partial charge in [-0.2, -0.15) is 0 Å². The van der Waals surface area contributed by atoms with E-state index in [2.05, 4.69) is 19.2 Å². The second-order valence-corrected chi connectivity index (χ2v) is 5.35. The average Bonchev–Trinajstić information content (AvgIpc) is 2.52. The number of hydrogen-bond acceptors (Lipinski definition) is 2. The van der Waals surface area contributed by atoms with Crippen molar-refractivity contribution in [2.45, 2.75) is 45.6 Å². The number of hydrogen-bond donors (Lipinski definition) is 1. The molecule has 1 amide bonds. The van der Waals surface area contributed by atoms with Gasteiger partial charge in [-0.05, 0) is 37.0 Å². The molecule has 3 heteroatoms. The van der Waals surface area contributed by atoms with Gasteiger partial charge in [0.1, 0.15) is 6.61 Å². The van der Waals surface area contributed by atoms with E-state index >= 15 is 0 Å². The lowest BCUT2D eigenvalue weighted by Gasteiger charge is -2.36. The lowest BCUT2D eigenvalue weighted by Crippen LogP contribution is -2.37. The van der Waals surface area contributed by atoms with Crippen LogP contribution in [0.2, 0.25) is 0 Å². The molecule has 1 saturated carbocycles. The summed E-state index contributed by atoms with van der Waals surface area (Å²) in [7, 11) is 0. The van der Waals surface area contributed by atoms with Gasteiger partial charge in [-0.1, -0.05) is 13.8 Å². The molecule has 2 aliphatic rings. The smallest absolute Gasteiger partial charge is 0.407 e. The first-order valence-electron chi connectivity index (χ1n) is 5.50. The first-order chi connectivity index (χ1) is 6.57. The Morgan fingerprint density at radius 2 is 2.00 bits per heavy atom. The van der Waals surface area contributed by atoms with Crippen molar-refractivity contribution in [2.24, 2.45) is 11.3 Å². The molecular weight excluding hydrogens is 178 g/mol. The molecule has 1 saturated heterocycles. The highest BCUT2D eigenvalue weighted by Crippen LogP contribution is 2.39. The number of carbonyl (C=O) groups excluding carboxylic acids is 1. The number of cyclic esters (lactones) is 1. The molecule has 1 heterocycles. The van der Waals surface area contributed by atoms with Crippen molar-refractivity contribution in [2.75, 3.05) is 6.61 Å². The highest BCUT2D eigenvalue weighted by Gasteiger charge is 2.35. The van der Waals surface area contributed by atoms with Crippen LogP contribution in [-0.4, -0.2) is 18.7 Å².